The fourth-order valence-electron chi connectivity index (χ4n) is 2.76. The van der Waals surface area contributed by atoms with Crippen molar-refractivity contribution in [1.82, 2.24) is 0 Å². The van der Waals surface area contributed by atoms with Gasteiger partial charge in [-0.1, -0.05) is 12.1 Å². The zero-order chi connectivity index (χ0) is 14.5. The van der Waals surface area contributed by atoms with E-state index in [1.54, 1.807) is 6.07 Å². The van der Waals surface area contributed by atoms with Gasteiger partial charge < -0.3 is 10.1 Å². The molecule has 1 aliphatic rings. The first kappa shape index (κ1) is 13.9. The van der Waals surface area contributed by atoms with Crippen LogP contribution in [0.5, 0.6) is 5.75 Å². The Morgan fingerprint density at radius 3 is 2.71 bits per heavy atom. The van der Waals surface area contributed by atoms with Crippen molar-refractivity contribution in [2.45, 2.75) is 25.7 Å². The lowest BCUT2D eigenvalue weighted by Gasteiger charge is -2.17. The van der Waals surface area contributed by atoms with Crippen LogP contribution in [0.3, 0.4) is 0 Å². The highest BCUT2D eigenvalue weighted by Crippen LogP contribution is 2.25. The topological polar surface area (TPSA) is 21.3 Å². The van der Waals surface area contributed by atoms with Crippen LogP contribution >= 0.6 is 0 Å². The van der Waals surface area contributed by atoms with Gasteiger partial charge in [0.1, 0.15) is 18.2 Å². The van der Waals surface area contributed by atoms with E-state index in [1.807, 2.05) is 12.1 Å². The van der Waals surface area contributed by atoms with Crippen LogP contribution in [-0.4, -0.2) is 13.2 Å². The maximum atomic E-state index is 13.0. The molecule has 3 rings (SSSR count). The Hall–Kier alpha value is -2.03. The first-order chi connectivity index (χ1) is 10.3. The molecule has 0 bridgehead atoms. The van der Waals surface area contributed by atoms with E-state index in [2.05, 4.69) is 17.4 Å². The molecule has 2 nitrogen and oxygen atoms in total. The second kappa shape index (κ2) is 6.61. The van der Waals surface area contributed by atoms with E-state index >= 15 is 0 Å². The van der Waals surface area contributed by atoms with E-state index in [-0.39, 0.29) is 5.82 Å². The Morgan fingerprint density at radius 2 is 1.86 bits per heavy atom. The van der Waals surface area contributed by atoms with Crippen molar-refractivity contribution in [3.05, 3.63) is 59.4 Å². The van der Waals surface area contributed by atoms with Crippen molar-refractivity contribution < 1.29 is 9.13 Å². The van der Waals surface area contributed by atoms with Crippen LogP contribution in [-0.2, 0) is 12.8 Å². The molecule has 2 aromatic rings. The zero-order valence-electron chi connectivity index (χ0n) is 12.1. The third-order valence-corrected chi connectivity index (χ3v) is 3.84. The molecule has 3 heteroatoms. The van der Waals surface area contributed by atoms with Gasteiger partial charge in [-0.25, -0.2) is 4.39 Å². The Kier molecular flexibility index (Phi) is 4.39. The Balaban J connectivity index is 1.49. The molecule has 0 fully saturated rings. The summed E-state index contributed by atoms with van der Waals surface area (Å²) in [5.74, 6) is 0.701. The summed E-state index contributed by atoms with van der Waals surface area (Å²) >= 11 is 0. The first-order valence-corrected chi connectivity index (χ1v) is 7.55. The van der Waals surface area contributed by atoms with E-state index in [0.29, 0.717) is 13.2 Å². The largest absolute Gasteiger partial charge is 0.492 e. The minimum atomic E-state index is -0.226. The average molecular weight is 285 g/mol. The summed E-state index contributed by atoms with van der Waals surface area (Å²) in [6, 6.07) is 12.9. The van der Waals surface area contributed by atoms with Crippen LogP contribution in [0.4, 0.5) is 10.1 Å². The van der Waals surface area contributed by atoms with Crippen molar-refractivity contribution in [1.29, 1.82) is 0 Å². The summed E-state index contributed by atoms with van der Waals surface area (Å²) in [6.07, 6.45) is 4.92. The second-order valence-electron chi connectivity index (χ2n) is 5.42. The van der Waals surface area contributed by atoms with Crippen LogP contribution in [0.2, 0.25) is 0 Å². The number of hydrogen-bond acceptors (Lipinski definition) is 2. The standard InChI is InChI=1S/C18H20FNO/c19-16-6-3-7-17(13-16)20-10-11-21-18-9-8-14-4-1-2-5-15(14)12-18/h3,6-9,12-13,20H,1-2,4-5,10-11H2. The number of rotatable bonds is 5. The molecule has 0 aliphatic heterocycles. The van der Waals surface area contributed by atoms with Gasteiger partial charge in [-0.2, -0.15) is 0 Å². The zero-order valence-corrected chi connectivity index (χ0v) is 12.1. The van der Waals surface area contributed by atoms with Gasteiger partial charge in [0.25, 0.3) is 0 Å². The summed E-state index contributed by atoms with van der Waals surface area (Å²) in [6.45, 7) is 1.22. The van der Waals surface area contributed by atoms with Gasteiger partial charge in [-0.05, 0) is 67.1 Å². The van der Waals surface area contributed by atoms with Gasteiger partial charge in [-0.15, -0.1) is 0 Å². The average Bonchev–Trinajstić information content (AvgIpc) is 2.51. The van der Waals surface area contributed by atoms with Crippen molar-refractivity contribution in [3.63, 3.8) is 0 Å². The first-order valence-electron chi connectivity index (χ1n) is 7.55. The summed E-state index contributed by atoms with van der Waals surface area (Å²) in [5.41, 5.74) is 3.67. The Morgan fingerprint density at radius 1 is 1.00 bits per heavy atom. The third-order valence-electron chi connectivity index (χ3n) is 3.84. The molecule has 110 valence electrons. The quantitative estimate of drug-likeness (QED) is 0.831. The molecule has 1 aliphatic carbocycles. The van der Waals surface area contributed by atoms with Crippen LogP contribution < -0.4 is 10.1 Å². The van der Waals surface area contributed by atoms with E-state index in [9.17, 15) is 4.39 Å². The maximum Gasteiger partial charge on any atom is 0.125 e. The van der Waals surface area contributed by atoms with Gasteiger partial charge in [0, 0.05) is 12.2 Å². The summed E-state index contributed by atoms with van der Waals surface area (Å²) in [7, 11) is 0. The number of fused-ring (bicyclic) bond motifs is 1. The van der Waals surface area contributed by atoms with Gasteiger partial charge in [-0.3, -0.25) is 0 Å². The Labute approximate surface area is 125 Å². The predicted molar refractivity (Wildman–Crippen MR) is 83.5 cm³/mol. The van der Waals surface area contributed by atoms with Crippen molar-refractivity contribution in [2.24, 2.45) is 0 Å². The molecule has 0 heterocycles. The second-order valence-corrected chi connectivity index (χ2v) is 5.42. The molecule has 2 aromatic carbocycles. The van der Waals surface area contributed by atoms with Crippen molar-refractivity contribution in [2.75, 3.05) is 18.5 Å². The van der Waals surface area contributed by atoms with E-state index in [1.165, 1.54) is 42.5 Å². The third kappa shape index (κ3) is 3.75. The van der Waals surface area contributed by atoms with Gasteiger partial charge >= 0.3 is 0 Å². The lowest BCUT2D eigenvalue weighted by molar-refractivity contribution is 0.332. The number of anilines is 1. The number of aryl methyl sites for hydroxylation is 2. The van der Waals surface area contributed by atoms with E-state index in [0.717, 1.165) is 17.9 Å². The number of halogens is 1. The number of nitrogens with one attached hydrogen (secondary N) is 1. The normalized spacial score (nSPS) is 13.6. The summed E-state index contributed by atoms with van der Waals surface area (Å²) in [5, 5.41) is 3.15. The SMILES string of the molecule is Fc1cccc(NCCOc2ccc3c(c2)CCCC3)c1. The molecule has 0 radical (unpaired) electrons. The van der Waals surface area contributed by atoms with E-state index in [4.69, 9.17) is 4.74 Å². The molecule has 0 unspecified atom stereocenters. The van der Waals surface area contributed by atoms with Crippen LogP contribution in [0.25, 0.3) is 0 Å². The van der Waals surface area contributed by atoms with Gasteiger partial charge in [0.15, 0.2) is 0 Å². The van der Waals surface area contributed by atoms with Crippen LogP contribution in [0.1, 0.15) is 24.0 Å². The van der Waals surface area contributed by atoms with Gasteiger partial charge in [0.05, 0.1) is 0 Å². The lowest BCUT2D eigenvalue weighted by Crippen LogP contribution is -2.12. The minimum Gasteiger partial charge on any atom is -0.492 e. The molecular formula is C18H20FNO. The summed E-state index contributed by atoms with van der Waals surface area (Å²) in [4.78, 5) is 0. The molecule has 0 saturated carbocycles. The maximum absolute atomic E-state index is 13.0. The van der Waals surface area contributed by atoms with Gasteiger partial charge in [0.2, 0.25) is 0 Å². The predicted octanol–water partition coefficient (Wildman–Crippen LogP) is 4.20. The molecular weight excluding hydrogens is 265 g/mol. The molecule has 0 aromatic heterocycles. The lowest BCUT2D eigenvalue weighted by atomic mass is 9.92. The fraction of sp³-hybridized carbons (Fsp3) is 0.333. The Bertz CT molecular complexity index is 612. The van der Waals surface area contributed by atoms with Crippen molar-refractivity contribution in [3.8, 4) is 5.75 Å². The number of benzene rings is 2. The highest BCUT2D eigenvalue weighted by Gasteiger charge is 2.09. The minimum absolute atomic E-state index is 0.226. The molecule has 0 atom stereocenters. The fourth-order valence-corrected chi connectivity index (χ4v) is 2.76. The monoisotopic (exact) mass is 285 g/mol. The molecule has 0 saturated heterocycles. The molecule has 1 N–H and O–H groups in total. The highest BCUT2D eigenvalue weighted by atomic mass is 19.1. The van der Waals surface area contributed by atoms with Crippen molar-refractivity contribution >= 4 is 5.69 Å². The smallest absolute Gasteiger partial charge is 0.125 e. The van der Waals surface area contributed by atoms with E-state index < -0.39 is 0 Å². The molecule has 0 spiro atoms. The highest BCUT2D eigenvalue weighted by molar-refractivity contribution is 5.43. The summed E-state index contributed by atoms with van der Waals surface area (Å²) < 4.78 is 18.8. The molecule has 21 heavy (non-hydrogen) atoms. The number of ether oxygens (including phenoxy) is 1. The molecule has 0 amide bonds. The van der Waals surface area contributed by atoms with Crippen LogP contribution in [0, 0.1) is 5.82 Å². The van der Waals surface area contributed by atoms with Crippen LogP contribution in [0.15, 0.2) is 42.5 Å². The number of hydrogen-bond donors (Lipinski definition) is 1.